The molecule has 4 rings (SSSR count). The summed E-state index contributed by atoms with van der Waals surface area (Å²) in [6.07, 6.45) is 0.583. The molecule has 1 aliphatic heterocycles. The Kier molecular flexibility index (Phi) is 6.53. The highest BCUT2D eigenvalue weighted by molar-refractivity contribution is 7.89. The highest BCUT2D eigenvalue weighted by atomic mass is 32.2. The van der Waals surface area contributed by atoms with Gasteiger partial charge < -0.3 is 14.0 Å². The smallest absolute Gasteiger partial charge is 0.317 e. The van der Waals surface area contributed by atoms with Crippen LogP contribution >= 0.6 is 0 Å². The highest BCUT2D eigenvalue weighted by Crippen LogP contribution is 2.39. The van der Waals surface area contributed by atoms with Crippen LogP contribution in [0.25, 0.3) is 0 Å². The molecule has 1 aromatic heterocycles. The van der Waals surface area contributed by atoms with E-state index in [1.54, 1.807) is 31.2 Å². The van der Waals surface area contributed by atoms with Gasteiger partial charge in [-0.2, -0.15) is 4.31 Å². The van der Waals surface area contributed by atoms with E-state index in [9.17, 15) is 13.2 Å². The number of hydrogen-bond donors (Lipinski definition) is 0. The Morgan fingerprint density at radius 3 is 2.39 bits per heavy atom. The number of rotatable bonds is 7. The third-order valence-electron chi connectivity index (χ3n) is 6.00. The zero-order chi connectivity index (χ0) is 23.5. The average Bonchev–Trinajstić information content (AvgIpc) is 3.28. The van der Waals surface area contributed by atoms with Crippen molar-refractivity contribution in [1.29, 1.82) is 0 Å². The van der Waals surface area contributed by atoms with Crippen molar-refractivity contribution in [2.75, 3.05) is 20.2 Å². The molecule has 1 aliphatic rings. The van der Waals surface area contributed by atoms with Gasteiger partial charge in [0.1, 0.15) is 10.6 Å². The van der Waals surface area contributed by atoms with Gasteiger partial charge in [-0.25, -0.2) is 8.42 Å². The minimum atomic E-state index is -3.78. The summed E-state index contributed by atoms with van der Waals surface area (Å²) in [6.45, 7) is 2.10. The molecular weight excluding hydrogens is 444 g/mol. The number of aryl methyl sites for hydroxylation is 1. The Hall–Kier alpha value is -3.17. The molecule has 3 aromatic rings. The first-order chi connectivity index (χ1) is 15.9. The van der Waals surface area contributed by atoms with Gasteiger partial charge in [0.25, 0.3) is 0 Å². The van der Waals surface area contributed by atoms with Crippen molar-refractivity contribution in [1.82, 2.24) is 9.46 Å². The minimum absolute atomic E-state index is 0.0303. The molecule has 0 unspecified atom stereocenters. The quantitative estimate of drug-likeness (QED) is 0.488. The fourth-order valence-corrected chi connectivity index (χ4v) is 5.80. The fourth-order valence-electron chi connectivity index (χ4n) is 4.21. The lowest BCUT2D eigenvalue weighted by molar-refractivity contribution is -0.154. The van der Waals surface area contributed by atoms with Gasteiger partial charge in [0.2, 0.25) is 10.0 Å². The standard InChI is InChI=1S/C24H26N2O6S/c1-18-16-20(32-25-18)17-31-23(27)24(19-8-4-3-5-9-19)12-14-26(15-13-24)33(28,29)22-11-7-6-10-21(22)30-2/h3-11,16H,12-15,17H2,1-2H3. The maximum absolute atomic E-state index is 13.4. The van der Waals surface area contributed by atoms with Crippen LogP contribution in [-0.2, 0) is 31.6 Å². The predicted octanol–water partition coefficient (Wildman–Crippen LogP) is 3.46. The number of nitrogens with zero attached hydrogens (tertiary/aromatic N) is 2. The second-order valence-corrected chi connectivity index (χ2v) is 9.92. The monoisotopic (exact) mass is 470 g/mol. The van der Waals surface area contributed by atoms with Crippen LogP contribution in [0.5, 0.6) is 5.75 Å². The van der Waals surface area contributed by atoms with Gasteiger partial charge in [0, 0.05) is 19.2 Å². The number of benzene rings is 2. The Morgan fingerprint density at radius 2 is 1.76 bits per heavy atom. The first-order valence-electron chi connectivity index (χ1n) is 10.6. The Morgan fingerprint density at radius 1 is 1.09 bits per heavy atom. The number of methoxy groups -OCH3 is 1. The van der Waals surface area contributed by atoms with Crippen LogP contribution in [0, 0.1) is 6.92 Å². The van der Waals surface area contributed by atoms with E-state index in [0.717, 1.165) is 5.56 Å². The zero-order valence-electron chi connectivity index (χ0n) is 18.6. The molecule has 0 saturated carbocycles. The molecule has 0 N–H and O–H groups in total. The van der Waals surface area contributed by atoms with E-state index in [4.69, 9.17) is 14.0 Å². The van der Waals surface area contributed by atoms with E-state index >= 15 is 0 Å². The lowest BCUT2D eigenvalue weighted by Crippen LogP contribution is -2.49. The summed E-state index contributed by atoms with van der Waals surface area (Å²) in [7, 11) is -2.34. The third-order valence-corrected chi connectivity index (χ3v) is 7.94. The number of piperidine rings is 1. The highest BCUT2D eigenvalue weighted by Gasteiger charge is 2.46. The van der Waals surface area contributed by atoms with Crippen LogP contribution in [0.3, 0.4) is 0 Å². The first kappa shape index (κ1) is 23.0. The molecule has 0 atom stereocenters. The van der Waals surface area contributed by atoms with Crippen LogP contribution in [-0.4, -0.2) is 44.0 Å². The summed E-state index contributed by atoms with van der Waals surface area (Å²) in [4.78, 5) is 13.5. The number of para-hydroxylation sites is 1. The molecule has 2 heterocycles. The largest absolute Gasteiger partial charge is 0.495 e. The fraction of sp³-hybridized carbons (Fsp3) is 0.333. The summed E-state index contributed by atoms with van der Waals surface area (Å²) in [5, 5.41) is 3.81. The Labute approximate surface area is 193 Å². The number of esters is 1. The van der Waals surface area contributed by atoms with E-state index in [0.29, 0.717) is 30.0 Å². The molecule has 0 amide bonds. The number of ether oxygens (including phenoxy) is 2. The molecule has 0 aliphatic carbocycles. The second-order valence-electron chi connectivity index (χ2n) is 8.01. The molecule has 33 heavy (non-hydrogen) atoms. The summed E-state index contributed by atoms with van der Waals surface area (Å²) in [6, 6.07) is 17.6. The summed E-state index contributed by atoms with van der Waals surface area (Å²) in [5.74, 6) is 0.344. The second kappa shape index (κ2) is 9.36. The molecule has 2 aromatic carbocycles. The van der Waals surface area contributed by atoms with Crippen molar-refractivity contribution in [3.05, 3.63) is 77.7 Å². The maximum atomic E-state index is 13.4. The molecular formula is C24H26N2O6S. The molecule has 174 valence electrons. The van der Waals surface area contributed by atoms with Gasteiger partial charge in [-0.05, 0) is 37.5 Å². The van der Waals surface area contributed by atoms with Crippen molar-refractivity contribution in [2.24, 2.45) is 0 Å². The average molecular weight is 471 g/mol. The van der Waals surface area contributed by atoms with Crippen LogP contribution < -0.4 is 4.74 Å². The predicted molar refractivity (Wildman–Crippen MR) is 120 cm³/mol. The van der Waals surface area contributed by atoms with E-state index in [2.05, 4.69) is 5.16 Å². The molecule has 9 heteroatoms. The topological polar surface area (TPSA) is 98.9 Å². The van der Waals surface area contributed by atoms with Gasteiger partial charge in [-0.3, -0.25) is 4.79 Å². The number of hydrogen-bond acceptors (Lipinski definition) is 7. The van der Waals surface area contributed by atoms with Gasteiger partial charge in [0.15, 0.2) is 12.4 Å². The number of sulfonamides is 1. The van der Waals surface area contributed by atoms with Crippen molar-refractivity contribution in [3.8, 4) is 5.75 Å². The summed E-state index contributed by atoms with van der Waals surface area (Å²) >= 11 is 0. The molecule has 0 bridgehead atoms. The van der Waals surface area contributed by atoms with Gasteiger partial charge in [-0.15, -0.1) is 0 Å². The van der Waals surface area contributed by atoms with E-state index in [-0.39, 0.29) is 24.6 Å². The van der Waals surface area contributed by atoms with Crippen molar-refractivity contribution < 1.29 is 27.2 Å². The number of carbonyl (C=O) groups is 1. The lowest BCUT2D eigenvalue weighted by atomic mass is 9.73. The summed E-state index contributed by atoms with van der Waals surface area (Å²) in [5.41, 5.74) is 0.551. The SMILES string of the molecule is COc1ccccc1S(=O)(=O)N1CCC(C(=O)OCc2cc(C)no2)(c2ccccc2)CC1. The third kappa shape index (κ3) is 4.51. The summed E-state index contributed by atoms with van der Waals surface area (Å²) < 4.78 is 44.0. The van der Waals surface area contributed by atoms with Crippen LogP contribution in [0.4, 0.5) is 0 Å². The molecule has 0 spiro atoms. The van der Waals surface area contributed by atoms with E-state index in [1.165, 1.54) is 17.5 Å². The van der Waals surface area contributed by atoms with Gasteiger partial charge in [0.05, 0.1) is 18.2 Å². The van der Waals surface area contributed by atoms with E-state index in [1.807, 2.05) is 30.3 Å². The van der Waals surface area contributed by atoms with Crippen LogP contribution in [0.15, 0.2) is 70.1 Å². The lowest BCUT2D eigenvalue weighted by Gasteiger charge is -2.39. The Balaban J connectivity index is 1.57. The molecule has 1 fully saturated rings. The number of aromatic nitrogens is 1. The maximum Gasteiger partial charge on any atom is 0.317 e. The van der Waals surface area contributed by atoms with Crippen molar-refractivity contribution in [2.45, 2.75) is 36.7 Å². The van der Waals surface area contributed by atoms with E-state index < -0.39 is 21.4 Å². The van der Waals surface area contributed by atoms with Crippen LogP contribution in [0.1, 0.15) is 29.9 Å². The normalized spacial score (nSPS) is 16.3. The van der Waals surface area contributed by atoms with Crippen molar-refractivity contribution in [3.63, 3.8) is 0 Å². The minimum Gasteiger partial charge on any atom is -0.495 e. The Bertz CT molecular complexity index is 1210. The number of carbonyl (C=O) groups excluding carboxylic acids is 1. The van der Waals surface area contributed by atoms with Crippen molar-refractivity contribution >= 4 is 16.0 Å². The van der Waals surface area contributed by atoms with Gasteiger partial charge in [-0.1, -0.05) is 47.6 Å². The van der Waals surface area contributed by atoms with Gasteiger partial charge >= 0.3 is 5.97 Å². The first-order valence-corrected chi connectivity index (χ1v) is 12.1. The van der Waals surface area contributed by atoms with Crippen LogP contribution in [0.2, 0.25) is 0 Å². The molecule has 1 saturated heterocycles. The molecule has 0 radical (unpaired) electrons. The zero-order valence-corrected chi connectivity index (χ0v) is 19.4. The molecule has 8 nitrogen and oxygen atoms in total.